The Labute approximate surface area is 144 Å². The molecule has 5 nitrogen and oxygen atoms in total. The Kier molecular flexibility index (Phi) is 4.29. The van der Waals surface area contributed by atoms with E-state index in [1.54, 1.807) is 12.1 Å². The van der Waals surface area contributed by atoms with Crippen molar-refractivity contribution < 1.29 is 13.9 Å². The van der Waals surface area contributed by atoms with Gasteiger partial charge in [-0.05, 0) is 36.2 Å². The summed E-state index contributed by atoms with van der Waals surface area (Å²) in [5.74, 6) is 0.715. The minimum absolute atomic E-state index is 0.00248. The smallest absolute Gasteiger partial charge is 0.247 e. The molecule has 0 saturated carbocycles. The molecular weight excluding hydrogens is 321 g/mol. The van der Waals surface area contributed by atoms with Crippen molar-refractivity contribution in [1.29, 1.82) is 0 Å². The summed E-state index contributed by atoms with van der Waals surface area (Å²) in [7, 11) is 0. The minimum atomic E-state index is -0.424. The van der Waals surface area contributed by atoms with E-state index in [9.17, 15) is 9.50 Å². The monoisotopic (exact) mass is 339 g/mol. The van der Waals surface area contributed by atoms with Gasteiger partial charge in [-0.25, -0.2) is 4.39 Å². The second kappa shape index (κ2) is 6.74. The molecule has 2 atom stereocenters. The first-order chi connectivity index (χ1) is 12.2. The summed E-state index contributed by atoms with van der Waals surface area (Å²) in [6, 6.07) is 16.0. The molecule has 128 valence electrons. The lowest BCUT2D eigenvalue weighted by Crippen LogP contribution is -2.24. The van der Waals surface area contributed by atoms with E-state index in [0.29, 0.717) is 31.3 Å². The van der Waals surface area contributed by atoms with E-state index in [4.69, 9.17) is 4.42 Å². The highest BCUT2D eigenvalue weighted by atomic mass is 19.1. The van der Waals surface area contributed by atoms with Gasteiger partial charge in [-0.15, -0.1) is 10.2 Å². The third kappa shape index (κ3) is 3.45. The van der Waals surface area contributed by atoms with Crippen LogP contribution in [0.15, 0.2) is 59.0 Å². The highest BCUT2D eigenvalue weighted by Crippen LogP contribution is 2.33. The van der Waals surface area contributed by atoms with Gasteiger partial charge in [0.15, 0.2) is 0 Å². The summed E-state index contributed by atoms with van der Waals surface area (Å²) in [6.07, 6.45) is 0.178. The Bertz CT molecular complexity index is 835. The molecule has 0 unspecified atom stereocenters. The largest absolute Gasteiger partial charge is 0.419 e. The van der Waals surface area contributed by atoms with Crippen molar-refractivity contribution in [3.63, 3.8) is 0 Å². The molecule has 0 amide bonds. The molecule has 3 aromatic rings. The third-order valence-corrected chi connectivity index (χ3v) is 4.46. The van der Waals surface area contributed by atoms with E-state index in [0.717, 1.165) is 11.1 Å². The standard InChI is InChI=1S/C19H18FN3O2/c20-15-8-6-13(7-9-15)17-10-16(24)11-23(17)12-18-21-22-19(25-18)14-4-2-1-3-5-14/h1-9,16-17,24H,10-12H2/t16-,17+/m0/s1. The summed E-state index contributed by atoms with van der Waals surface area (Å²) < 4.78 is 18.9. The molecule has 0 radical (unpaired) electrons. The second-order valence-electron chi connectivity index (χ2n) is 6.25. The Morgan fingerprint density at radius 1 is 1.08 bits per heavy atom. The summed E-state index contributed by atoms with van der Waals surface area (Å²) in [5, 5.41) is 18.3. The van der Waals surface area contributed by atoms with Crippen molar-refractivity contribution in [2.24, 2.45) is 0 Å². The van der Waals surface area contributed by atoms with Crippen molar-refractivity contribution in [2.45, 2.75) is 25.1 Å². The number of hydrogen-bond donors (Lipinski definition) is 1. The molecule has 0 spiro atoms. The Morgan fingerprint density at radius 2 is 1.84 bits per heavy atom. The van der Waals surface area contributed by atoms with Crippen LogP contribution in [0.4, 0.5) is 4.39 Å². The van der Waals surface area contributed by atoms with Crippen molar-refractivity contribution in [1.82, 2.24) is 15.1 Å². The number of aliphatic hydroxyl groups is 1. The Morgan fingerprint density at radius 3 is 2.60 bits per heavy atom. The van der Waals surface area contributed by atoms with Crippen LogP contribution in [0.5, 0.6) is 0 Å². The fraction of sp³-hybridized carbons (Fsp3) is 0.263. The van der Waals surface area contributed by atoms with Crippen molar-refractivity contribution in [2.75, 3.05) is 6.54 Å². The molecule has 1 fully saturated rings. The summed E-state index contributed by atoms with van der Waals surface area (Å²) >= 11 is 0. The third-order valence-electron chi connectivity index (χ3n) is 4.46. The number of aliphatic hydroxyl groups excluding tert-OH is 1. The maximum Gasteiger partial charge on any atom is 0.247 e. The van der Waals surface area contributed by atoms with Crippen LogP contribution in [-0.4, -0.2) is 32.9 Å². The fourth-order valence-corrected chi connectivity index (χ4v) is 3.27. The fourth-order valence-electron chi connectivity index (χ4n) is 3.27. The molecular formula is C19H18FN3O2. The molecule has 1 aliphatic rings. The summed E-state index contributed by atoms with van der Waals surface area (Å²) in [6.45, 7) is 0.962. The van der Waals surface area contributed by atoms with Crippen molar-refractivity contribution in [3.8, 4) is 11.5 Å². The van der Waals surface area contributed by atoms with Crippen LogP contribution in [0.1, 0.15) is 23.9 Å². The number of aromatic nitrogens is 2. The highest BCUT2D eigenvalue weighted by molar-refractivity contribution is 5.51. The Balaban J connectivity index is 1.53. The first-order valence-electron chi connectivity index (χ1n) is 8.24. The molecule has 0 aliphatic carbocycles. The van der Waals surface area contributed by atoms with E-state index in [2.05, 4.69) is 15.1 Å². The second-order valence-corrected chi connectivity index (χ2v) is 6.25. The van der Waals surface area contributed by atoms with E-state index in [1.807, 2.05) is 30.3 Å². The number of nitrogens with zero attached hydrogens (tertiary/aromatic N) is 3. The zero-order valence-corrected chi connectivity index (χ0v) is 13.5. The van der Waals surface area contributed by atoms with Crippen LogP contribution in [0.2, 0.25) is 0 Å². The molecule has 1 saturated heterocycles. The zero-order chi connectivity index (χ0) is 17.2. The lowest BCUT2D eigenvalue weighted by molar-refractivity contribution is 0.167. The van der Waals surface area contributed by atoms with Crippen LogP contribution in [0.25, 0.3) is 11.5 Å². The van der Waals surface area contributed by atoms with Crippen LogP contribution in [-0.2, 0) is 6.54 Å². The quantitative estimate of drug-likeness (QED) is 0.791. The van der Waals surface area contributed by atoms with Crippen LogP contribution in [0.3, 0.4) is 0 Å². The normalized spacial score (nSPS) is 20.9. The first-order valence-corrected chi connectivity index (χ1v) is 8.24. The summed E-state index contributed by atoms with van der Waals surface area (Å²) in [4.78, 5) is 2.08. The SMILES string of the molecule is O[C@H]1C[C@H](c2ccc(F)cc2)N(Cc2nnc(-c3ccccc3)o2)C1. The molecule has 1 aromatic heterocycles. The van der Waals surface area contributed by atoms with E-state index < -0.39 is 6.10 Å². The molecule has 1 aliphatic heterocycles. The van der Waals surface area contributed by atoms with Crippen LogP contribution >= 0.6 is 0 Å². The topological polar surface area (TPSA) is 62.4 Å². The number of hydrogen-bond acceptors (Lipinski definition) is 5. The van der Waals surface area contributed by atoms with Gasteiger partial charge in [-0.3, -0.25) is 4.90 Å². The first kappa shape index (κ1) is 15.9. The number of β-amino-alcohol motifs (C(OH)–C–C–N with tert-alkyl or cyclic N) is 1. The van der Waals surface area contributed by atoms with Gasteiger partial charge in [0, 0.05) is 18.2 Å². The average Bonchev–Trinajstić information content (AvgIpc) is 3.23. The Hall–Kier alpha value is -2.57. The molecule has 2 aromatic carbocycles. The molecule has 6 heteroatoms. The van der Waals surface area contributed by atoms with Gasteiger partial charge in [-0.1, -0.05) is 30.3 Å². The van der Waals surface area contributed by atoms with E-state index >= 15 is 0 Å². The van der Waals surface area contributed by atoms with Gasteiger partial charge in [0.1, 0.15) is 5.82 Å². The lowest BCUT2D eigenvalue weighted by atomic mass is 10.0. The number of halogens is 1. The molecule has 0 bridgehead atoms. The van der Waals surface area contributed by atoms with Crippen molar-refractivity contribution in [3.05, 3.63) is 71.9 Å². The van der Waals surface area contributed by atoms with Crippen LogP contribution in [0, 0.1) is 5.82 Å². The predicted molar refractivity (Wildman–Crippen MR) is 89.9 cm³/mol. The lowest BCUT2D eigenvalue weighted by Gasteiger charge is -2.22. The highest BCUT2D eigenvalue weighted by Gasteiger charge is 2.33. The van der Waals surface area contributed by atoms with Gasteiger partial charge in [0.25, 0.3) is 0 Å². The molecule has 4 rings (SSSR count). The number of benzene rings is 2. The minimum Gasteiger partial charge on any atom is -0.419 e. The van der Waals surface area contributed by atoms with Gasteiger partial charge in [-0.2, -0.15) is 0 Å². The number of likely N-dealkylation sites (tertiary alicyclic amines) is 1. The molecule has 25 heavy (non-hydrogen) atoms. The molecule has 1 N–H and O–H groups in total. The van der Waals surface area contributed by atoms with Crippen LogP contribution < -0.4 is 0 Å². The van der Waals surface area contributed by atoms with E-state index in [1.165, 1.54) is 12.1 Å². The predicted octanol–water partition coefficient (Wildman–Crippen LogP) is 3.18. The summed E-state index contributed by atoms with van der Waals surface area (Å²) in [5.41, 5.74) is 1.85. The van der Waals surface area contributed by atoms with Crippen molar-refractivity contribution >= 4 is 0 Å². The maximum absolute atomic E-state index is 13.2. The zero-order valence-electron chi connectivity index (χ0n) is 13.5. The maximum atomic E-state index is 13.2. The van der Waals surface area contributed by atoms with Gasteiger partial charge in [0.2, 0.25) is 11.8 Å². The number of rotatable bonds is 4. The van der Waals surface area contributed by atoms with E-state index in [-0.39, 0.29) is 11.9 Å². The molecule has 2 heterocycles. The van der Waals surface area contributed by atoms with Gasteiger partial charge in [0.05, 0.1) is 12.6 Å². The van der Waals surface area contributed by atoms with Gasteiger partial charge >= 0.3 is 0 Å². The average molecular weight is 339 g/mol. The van der Waals surface area contributed by atoms with Gasteiger partial charge < -0.3 is 9.52 Å².